The minimum Gasteiger partial charge on any atom is -0.396 e. The van der Waals surface area contributed by atoms with E-state index in [0.717, 1.165) is 56.0 Å². The summed E-state index contributed by atoms with van der Waals surface area (Å²) < 4.78 is 2.21. The van der Waals surface area contributed by atoms with E-state index in [-0.39, 0.29) is 6.04 Å². The van der Waals surface area contributed by atoms with E-state index in [1.54, 1.807) is 0 Å². The smallest absolute Gasteiger partial charge is 0.161 e. The van der Waals surface area contributed by atoms with E-state index in [1.807, 2.05) is 18.3 Å². The summed E-state index contributed by atoms with van der Waals surface area (Å²) in [6, 6.07) is 8.91. The summed E-state index contributed by atoms with van der Waals surface area (Å²) in [6.07, 6.45) is 7.53. The molecule has 0 spiro atoms. The highest BCUT2D eigenvalue weighted by atomic mass is 15.3. The number of aryl methyl sites for hydroxylation is 1. The van der Waals surface area contributed by atoms with Crippen LogP contribution in [0.4, 0.5) is 11.5 Å². The van der Waals surface area contributed by atoms with Gasteiger partial charge in [-0.2, -0.15) is 0 Å². The SMILES string of the molecule is Cc1cccnc1C1CCCC(c2cn3c(N4CCN(C)CC4)ccc(N)c3n2)N1C. The Morgan fingerprint density at radius 2 is 1.77 bits per heavy atom. The van der Waals surface area contributed by atoms with Crippen LogP contribution in [0.1, 0.15) is 48.3 Å². The topological polar surface area (TPSA) is 65.9 Å². The first kappa shape index (κ1) is 20.3. The Morgan fingerprint density at radius 3 is 2.55 bits per heavy atom. The predicted octanol–water partition coefficient (Wildman–Crippen LogP) is 3.27. The van der Waals surface area contributed by atoms with Crippen LogP contribution in [0.25, 0.3) is 5.65 Å². The summed E-state index contributed by atoms with van der Waals surface area (Å²) in [5, 5.41) is 0. The monoisotopic (exact) mass is 419 g/mol. The number of likely N-dealkylation sites (tertiary alicyclic amines) is 1. The van der Waals surface area contributed by atoms with Crippen LogP contribution in [0.2, 0.25) is 0 Å². The Morgan fingerprint density at radius 1 is 1.00 bits per heavy atom. The zero-order valence-electron chi connectivity index (χ0n) is 18.8. The highest BCUT2D eigenvalue weighted by Crippen LogP contribution is 2.40. The number of pyridine rings is 2. The van der Waals surface area contributed by atoms with Crippen molar-refractivity contribution in [2.24, 2.45) is 0 Å². The number of anilines is 2. The Bertz CT molecular complexity index is 1070. The zero-order valence-corrected chi connectivity index (χ0v) is 18.8. The van der Waals surface area contributed by atoms with Gasteiger partial charge in [0.25, 0.3) is 0 Å². The Labute approximate surface area is 184 Å². The molecule has 2 aliphatic rings. The highest BCUT2D eigenvalue weighted by Gasteiger charge is 2.33. The van der Waals surface area contributed by atoms with Gasteiger partial charge >= 0.3 is 0 Å². The lowest BCUT2D eigenvalue weighted by Gasteiger charge is -2.39. The minimum absolute atomic E-state index is 0.264. The van der Waals surface area contributed by atoms with Crippen LogP contribution in [0.3, 0.4) is 0 Å². The van der Waals surface area contributed by atoms with E-state index in [9.17, 15) is 0 Å². The molecule has 0 amide bonds. The molecular weight excluding hydrogens is 386 g/mol. The molecule has 2 aliphatic heterocycles. The average Bonchev–Trinajstić information content (AvgIpc) is 3.22. The van der Waals surface area contributed by atoms with Crippen LogP contribution in [0.5, 0.6) is 0 Å². The van der Waals surface area contributed by atoms with Gasteiger partial charge in [0.1, 0.15) is 5.82 Å². The minimum atomic E-state index is 0.264. The number of rotatable bonds is 3. The van der Waals surface area contributed by atoms with Crippen LogP contribution in [0, 0.1) is 6.92 Å². The molecule has 7 heteroatoms. The number of hydrogen-bond donors (Lipinski definition) is 1. The van der Waals surface area contributed by atoms with Gasteiger partial charge in [0.2, 0.25) is 0 Å². The van der Waals surface area contributed by atoms with E-state index in [1.165, 1.54) is 23.5 Å². The van der Waals surface area contributed by atoms with Crippen molar-refractivity contribution in [2.75, 3.05) is 50.9 Å². The van der Waals surface area contributed by atoms with Crippen molar-refractivity contribution in [3.8, 4) is 0 Å². The molecule has 3 aromatic heterocycles. The first-order chi connectivity index (χ1) is 15.0. The number of nitrogens with zero attached hydrogens (tertiary/aromatic N) is 6. The molecule has 2 atom stereocenters. The molecule has 0 radical (unpaired) electrons. The molecule has 2 N–H and O–H groups in total. The quantitative estimate of drug-likeness (QED) is 0.703. The molecule has 2 unspecified atom stereocenters. The molecule has 0 aliphatic carbocycles. The summed E-state index contributed by atoms with van der Waals surface area (Å²) in [4.78, 5) is 17.1. The predicted molar refractivity (Wildman–Crippen MR) is 125 cm³/mol. The number of nitrogen functional groups attached to an aromatic ring is 1. The Hall–Kier alpha value is -2.64. The highest BCUT2D eigenvalue weighted by molar-refractivity contribution is 5.69. The van der Waals surface area contributed by atoms with Crippen molar-refractivity contribution in [3.05, 3.63) is 53.6 Å². The van der Waals surface area contributed by atoms with Crippen LogP contribution in [0.15, 0.2) is 36.7 Å². The first-order valence-electron chi connectivity index (χ1n) is 11.4. The van der Waals surface area contributed by atoms with Gasteiger partial charge in [-0.1, -0.05) is 6.07 Å². The maximum atomic E-state index is 6.36. The third-order valence-electron chi connectivity index (χ3n) is 7.11. The van der Waals surface area contributed by atoms with Crippen molar-refractivity contribution in [1.82, 2.24) is 24.2 Å². The van der Waals surface area contributed by atoms with Gasteiger partial charge in [-0.05, 0) is 64.0 Å². The number of piperidine rings is 1. The number of nitrogens with two attached hydrogens (primary N) is 1. The lowest BCUT2D eigenvalue weighted by Crippen LogP contribution is -2.45. The number of imidazole rings is 1. The molecule has 5 rings (SSSR count). The summed E-state index contributed by atoms with van der Waals surface area (Å²) in [6.45, 7) is 6.35. The van der Waals surface area contributed by atoms with Gasteiger partial charge in [0.15, 0.2) is 5.65 Å². The second kappa shape index (κ2) is 8.13. The van der Waals surface area contributed by atoms with Crippen molar-refractivity contribution >= 4 is 17.2 Å². The second-order valence-corrected chi connectivity index (χ2v) is 9.13. The van der Waals surface area contributed by atoms with Crippen LogP contribution >= 0.6 is 0 Å². The van der Waals surface area contributed by atoms with E-state index >= 15 is 0 Å². The number of aromatic nitrogens is 3. The number of fused-ring (bicyclic) bond motifs is 1. The third kappa shape index (κ3) is 3.66. The van der Waals surface area contributed by atoms with Gasteiger partial charge in [-0.25, -0.2) is 4.98 Å². The maximum absolute atomic E-state index is 6.36. The van der Waals surface area contributed by atoms with Crippen molar-refractivity contribution < 1.29 is 0 Å². The Balaban J connectivity index is 1.49. The van der Waals surface area contributed by atoms with Gasteiger partial charge in [0.05, 0.1) is 29.2 Å². The molecule has 2 fully saturated rings. The molecule has 31 heavy (non-hydrogen) atoms. The van der Waals surface area contributed by atoms with E-state index in [0.29, 0.717) is 6.04 Å². The number of hydrogen-bond acceptors (Lipinski definition) is 6. The molecule has 2 saturated heterocycles. The summed E-state index contributed by atoms with van der Waals surface area (Å²) in [7, 11) is 4.40. The van der Waals surface area contributed by atoms with Gasteiger partial charge in [-0.3, -0.25) is 14.3 Å². The van der Waals surface area contributed by atoms with Crippen molar-refractivity contribution in [3.63, 3.8) is 0 Å². The van der Waals surface area contributed by atoms with Crippen molar-refractivity contribution in [1.29, 1.82) is 0 Å². The standard InChI is InChI=1S/C24H33N7/c1-17-6-5-11-26-23(17)21-8-4-7-20(29(21)3)19-16-31-22(10-9-18(25)24(31)27-19)30-14-12-28(2)13-15-30/h5-6,9-11,16,20-21H,4,7-8,12-15,25H2,1-3H3. The van der Waals surface area contributed by atoms with Crippen LogP contribution < -0.4 is 10.6 Å². The molecule has 164 valence electrons. The van der Waals surface area contributed by atoms with E-state index < -0.39 is 0 Å². The first-order valence-corrected chi connectivity index (χ1v) is 11.4. The summed E-state index contributed by atoms with van der Waals surface area (Å²) >= 11 is 0. The molecule has 7 nitrogen and oxygen atoms in total. The number of likely N-dealkylation sites (N-methyl/N-ethyl adjacent to an activating group) is 1. The van der Waals surface area contributed by atoms with E-state index in [2.05, 4.69) is 58.4 Å². The molecular formula is C24H33N7. The van der Waals surface area contributed by atoms with Crippen molar-refractivity contribution in [2.45, 2.75) is 38.3 Å². The largest absolute Gasteiger partial charge is 0.396 e. The van der Waals surface area contributed by atoms with Gasteiger partial charge in [-0.15, -0.1) is 0 Å². The summed E-state index contributed by atoms with van der Waals surface area (Å²) in [5.74, 6) is 1.19. The fraction of sp³-hybridized carbons (Fsp3) is 0.500. The van der Waals surface area contributed by atoms with E-state index in [4.69, 9.17) is 15.7 Å². The molecule has 0 aromatic carbocycles. The van der Waals surface area contributed by atoms with Crippen LogP contribution in [-0.4, -0.2) is 64.4 Å². The fourth-order valence-corrected chi connectivity index (χ4v) is 5.21. The molecule has 5 heterocycles. The van der Waals surface area contributed by atoms with Crippen LogP contribution in [-0.2, 0) is 0 Å². The molecule has 0 bridgehead atoms. The van der Waals surface area contributed by atoms with Gasteiger partial charge < -0.3 is 15.5 Å². The third-order valence-corrected chi connectivity index (χ3v) is 7.11. The van der Waals surface area contributed by atoms with Gasteiger partial charge in [0, 0.05) is 38.6 Å². The zero-order chi connectivity index (χ0) is 21.5. The molecule has 0 saturated carbocycles. The maximum Gasteiger partial charge on any atom is 0.161 e. The lowest BCUT2D eigenvalue weighted by molar-refractivity contribution is 0.109. The lowest BCUT2D eigenvalue weighted by atomic mass is 9.91. The summed E-state index contributed by atoms with van der Waals surface area (Å²) in [5.41, 5.74) is 11.5. The number of piperazine rings is 1. The molecule has 3 aromatic rings. The average molecular weight is 420 g/mol. The Kier molecular flexibility index (Phi) is 5.32. The second-order valence-electron chi connectivity index (χ2n) is 9.13. The normalized spacial score (nSPS) is 23.5. The fourth-order valence-electron chi connectivity index (χ4n) is 5.21.